The second kappa shape index (κ2) is 3.52. The van der Waals surface area contributed by atoms with E-state index in [0.29, 0.717) is 0 Å². The van der Waals surface area contributed by atoms with Crippen molar-refractivity contribution in [3.8, 4) is 0 Å². The first-order chi connectivity index (χ1) is 6.99. The zero-order valence-corrected chi connectivity index (χ0v) is 10.0. The third kappa shape index (κ3) is 2.00. The highest BCUT2D eigenvalue weighted by Crippen LogP contribution is 2.25. The lowest BCUT2D eigenvalue weighted by molar-refractivity contribution is 0.217. The Balaban J connectivity index is 2.22. The summed E-state index contributed by atoms with van der Waals surface area (Å²) in [7, 11) is 2.18. The van der Waals surface area contributed by atoms with E-state index in [0.717, 1.165) is 31.1 Å². The molecule has 4 nitrogen and oxygen atoms in total. The van der Waals surface area contributed by atoms with Crippen LogP contribution in [0, 0.1) is 6.92 Å². The van der Waals surface area contributed by atoms with Gasteiger partial charge in [0.25, 0.3) is 0 Å². The number of likely N-dealkylation sites (N-methyl/N-ethyl adjacent to an activating group) is 1. The van der Waals surface area contributed by atoms with Crippen LogP contribution in [0.3, 0.4) is 0 Å². The summed E-state index contributed by atoms with van der Waals surface area (Å²) in [6, 6.07) is 2.12. The first-order valence-corrected chi connectivity index (χ1v) is 5.47. The van der Waals surface area contributed by atoms with Gasteiger partial charge in [0.05, 0.1) is 0 Å². The second-order valence-electron chi connectivity index (χ2n) is 5.11. The van der Waals surface area contributed by atoms with Crippen molar-refractivity contribution in [3.05, 3.63) is 11.8 Å². The first kappa shape index (κ1) is 10.5. The van der Waals surface area contributed by atoms with Crippen LogP contribution in [0.25, 0.3) is 0 Å². The highest BCUT2D eigenvalue weighted by molar-refractivity contribution is 5.43. The summed E-state index contributed by atoms with van der Waals surface area (Å²) in [6.07, 6.45) is 0. The first-order valence-electron chi connectivity index (χ1n) is 5.47. The molecule has 1 aromatic rings. The molecule has 1 saturated heterocycles. The van der Waals surface area contributed by atoms with Crippen molar-refractivity contribution >= 4 is 5.82 Å². The quantitative estimate of drug-likeness (QED) is 0.754. The Morgan fingerprint density at radius 1 is 1.40 bits per heavy atom. The number of hydrogen-bond donors (Lipinski definition) is 1. The average Bonchev–Trinajstić information content (AvgIpc) is 2.49. The van der Waals surface area contributed by atoms with Crippen molar-refractivity contribution in [2.45, 2.75) is 26.3 Å². The van der Waals surface area contributed by atoms with Gasteiger partial charge in [-0.1, -0.05) is 0 Å². The lowest BCUT2D eigenvalue weighted by Crippen LogP contribution is -2.58. The number of aromatic nitrogens is 2. The number of aromatic amines is 1. The van der Waals surface area contributed by atoms with Crippen LogP contribution in [-0.4, -0.2) is 47.3 Å². The van der Waals surface area contributed by atoms with Gasteiger partial charge in [0, 0.05) is 36.9 Å². The lowest BCUT2D eigenvalue weighted by atomic mass is 9.99. The third-order valence-electron chi connectivity index (χ3n) is 3.06. The predicted octanol–water partition coefficient (Wildman–Crippen LogP) is 1.25. The van der Waals surface area contributed by atoms with Gasteiger partial charge < -0.3 is 9.80 Å². The number of piperazine rings is 1. The minimum atomic E-state index is 0.161. The van der Waals surface area contributed by atoms with E-state index in [-0.39, 0.29) is 5.54 Å². The van der Waals surface area contributed by atoms with Crippen LogP contribution in [0.2, 0.25) is 0 Å². The smallest absolute Gasteiger partial charge is 0.151 e. The van der Waals surface area contributed by atoms with Crippen molar-refractivity contribution < 1.29 is 0 Å². The summed E-state index contributed by atoms with van der Waals surface area (Å²) < 4.78 is 0. The summed E-state index contributed by atoms with van der Waals surface area (Å²) in [5.74, 6) is 1.07. The van der Waals surface area contributed by atoms with Gasteiger partial charge in [0.15, 0.2) is 5.82 Å². The van der Waals surface area contributed by atoms with Crippen molar-refractivity contribution in [2.75, 3.05) is 31.6 Å². The maximum Gasteiger partial charge on any atom is 0.151 e. The summed E-state index contributed by atoms with van der Waals surface area (Å²) in [5, 5.41) is 7.35. The van der Waals surface area contributed by atoms with Gasteiger partial charge in [-0.2, -0.15) is 5.10 Å². The van der Waals surface area contributed by atoms with Gasteiger partial charge in [-0.3, -0.25) is 5.10 Å². The summed E-state index contributed by atoms with van der Waals surface area (Å²) in [4.78, 5) is 4.76. The van der Waals surface area contributed by atoms with Crippen LogP contribution in [0.5, 0.6) is 0 Å². The minimum absolute atomic E-state index is 0.161. The molecule has 1 aliphatic rings. The SMILES string of the molecule is Cc1cc(N2CCN(C)CC2(C)C)n[nH]1. The van der Waals surface area contributed by atoms with Crippen LogP contribution in [-0.2, 0) is 0 Å². The van der Waals surface area contributed by atoms with E-state index in [1.807, 2.05) is 6.92 Å². The van der Waals surface area contributed by atoms with Gasteiger partial charge in [-0.25, -0.2) is 0 Å². The Labute approximate surface area is 91.3 Å². The number of nitrogens with zero attached hydrogens (tertiary/aromatic N) is 3. The van der Waals surface area contributed by atoms with E-state index in [2.05, 4.69) is 47.0 Å². The number of nitrogens with one attached hydrogen (secondary N) is 1. The summed E-state index contributed by atoms with van der Waals surface area (Å²) in [6.45, 7) is 9.82. The number of anilines is 1. The van der Waals surface area contributed by atoms with Crippen LogP contribution in [0.1, 0.15) is 19.5 Å². The third-order valence-corrected chi connectivity index (χ3v) is 3.06. The molecule has 0 spiro atoms. The van der Waals surface area contributed by atoms with Crippen LogP contribution >= 0.6 is 0 Å². The molecule has 0 unspecified atom stereocenters. The summed E-state index contributed by atoms with van der Waals surface area (Å²) in [5.41, 5.74) is 1.29. The number of rotatable bonds is 1. The molecule has 4 heteroatoms. The highest BCUT2D eigenvalue weighted by Gasteiger charge is 2.33. The van der Waals surface area contributed by atoms with Gasteiger partial charge in [-0.05, 0) is 27.8 Å². The largest absolute Gasteiger partial charge is 0.347 e. The molecule has 0 saturated carbocycles. The molecule has 1 fully saturated rings. The molecule has 0 aromatic carbocycles. The van der Waals surface area contributed by atoms with E-state index in [4.69, 9.17) is 0 Å². The van der Waals surface area contributed by atoms with Gasteiger partial charge in [0.1, 0.15) is 0 Å². The van der Waals surface area contributed by atoms with Crippen molar-refractivity contribution in [1.82, 2.24) is 15.1 Å². The monoisotopic (exact) mass is 208 g/mol. The Morgan fingerprint density at radius 3 is 2.67 bits per heavy atom. The molecule has 2 heterocycles. The molecule has 15 heavy (non-hydrogen) atoms. The molecule has 0 aliphatic carbocycles. The zero-order valence-electron chi connectivity index (χ0n) is 10.0. The normalized spacial score (nSPS) is 22.0. The molecular formula is C11H20N4. The van der Waals surface area contributed by atoms with Gasteiger partial charge >= 0.3 is 0 Å². The second-order valence-corrected chi connectivity index (χ2v) is 5.11. The van der Waals surface area contributed by atoms with Crippen LogP contribution in [0.4, 0.5) is 5.82 Å². The lowest BCUT2D eigenvalue weighted by Gasteiger charge is -2.46. The Kier molecular flexibility index (Phi) is 2.46. The fourth-order valence-electron chi connectivity index (χ4n) is 2.36. The molecule has 0 amide bonds. The zero-order chi connectivity index (χ0) is 11.1. The van der Waals surface area contributed by atoms with E-state index in [9.17, 15) is 0 Å². The molecule has 0 bridgehead atoms. The molecule has 0 radical (unpaired) electrons. The maximum absolute atomic E-state index is 4.34. The fourth-order valence-corrected chi connectivity index (χ4v) is 2.36. The van der Waals surface area contributed by atoms with E-state index in [1.165, 1.54) is 0 Å². The molecule has 1 aromatic heterocycles. The minimum Gasteiger partial charge on any atom is -0.347 e. The van der Waals surface area contributed by atoms with E-state index < -0.39 is 0 Å². The number of hydrogen-bond acceptors (Lipinski definition) is 3. The highest BCUT2D eigenvalue weighted by atomic mass is 15.4. The Hall–Kier alpha value is -1.03. The topological polar surface area (TPSA) is 35.2 Å². The average molecular weight is 208 g/mol. The Morgan fingerprint density at radius 2 is 2.13 bits per heavy atom. The van der Waals surface area contributed by atoms with E-state index >= 15 is 0 Å². The fraction of sp³-hybridized carbons (Fsp3) is 0.727. The molecule has 0 atom stereocenters. The predicted molar refractivity (Wildman–Crippen MR) is 62.2 cm³/mol. The molecule has 1 aliphatic heterocycles. The Bertz CT molecular complexity index is 342. The standard InChI is InChI=1S/C11H20N4/c1-9-7-10(13-12-9)15-6-5-14(4)8-11(15,2)3/h7H,5-6,8H2,1-4H3,(H,12,13). The summed E-state index contributed by atoms with van der Waals surface area (Å²) >= 11 is 0. The van der Waals surface area contributed by atoms with Gasteiger partial charge in [0.2, 0.25) is 0 Å². The van der Waals surface area contributed by atoms with E-state index in [1.54, 1.807) is 0 Å². The van der Waals surface area contributed by atoms with Crippen LogP contribution < -0.4 is 4.90 Å². The molecular weight excluding hydrogens is 188 g/mol. The van der Waals surface area contributed by atoms with Gasteiger partial charge in [-0.15, -0.1) is 0 Å². The molecule has 2 rings (SSSR count). The van der Waals surface area contributed by atoms with Crippen molar-refractivity contribution in [3.63, 3.8) is 0 Å². The number of H-pyrrole nitrogens is 1. The number of aryl methyl sites for hydroxylation is 1. The molecule has 84 valence electrons. The molecule has 1 N–H and O–H groups in total. The maximum atomic E-state index is 4.34. The van der Waals surface area contributed by atoms with Crippen molar-refractivity contribution in [2.24, 2.45) is 0 Å². The van der Waals surface area contributed by atoms with Crippen molar-refractivity contribution in [1.29, 1.82) is 0 Å². The van der Waals surface area contributed by atoms with Crippen LogP contribution in [0.15, 0.2) is 6.07 Å².